The van der Waals surface area contributed by atoms with Gasteiger partial charge in [-0.05, 0) is 25.9 Å². The van der Waals surface area contributed by atoms with Gasteiger partial charge in [-0.3, -0.25) is 4.79 Å². The third-order valence-corrected chi connectivity index (χ3v) is 3.57. The maximum Gasteiger partial charge on any atom is 0.328 e. The largest absolute Gasteiger partial charge is 0.480 e. The SMILES string of the molecule is O=C(O)C1COCCN1C(=O)CCN1CCCC1. The van der Waals surface area contributed by atoms with Crippen molar-refractivity contribution in [1.82, 2.24) is 9.80 Å². The molecule has 1 N–H and O–H groups in total. The molecule has 0 saturated carbocycles. The van der Waals surface area contributed by atoms with Gasteiger partial charge in [-0.15, -0.1) is 0 Å². The van der Waals surface area contributed by atoms with E-state index in [9.17, 15) is 9.59 Å². The molecule has 2 aliphatic rings. The Hall–Kier alpha value is -1.14. The third-order valence-electron chi connectivity index (χ3n) is 3.57. The molecular formula is C12H20N2O4. The van der Waals surface area contributed by atoms with E-state index in [2.05, 4.69) is 4.90 Å². The number of nitrogens with zero attached hydrogens (tertiary/aromatic N) is 2. The number of hydrogen-bond acceptors (Lipinski definition) is 4. The first kappa shape index (κ1) is 13.3. The summed E-state index contributed by atoms with van der Waals surface area (Å²) in [4.78, 5) is 26.8. The lowest BCUT2D eigenvalue weighted by Gasteiger charge is -2.33. The molecule has 0 spiro atoms. The first-order valence-electron chi connectivity index (χ1n) is 6.51. The number of ether oxygens (including phenoxy) is 1. The van der Waals surface area contributed by atoms with Gasteiger partial charge in [-0.25, -0.2) is 4.79 Å². The molecule has 0 aromatic rings. The number of likely N-dealkylation sites (tertiary alicyclic amines) is 1. The zero-order chi connectivity index (χ0) is 13.0. The predicted octanol–water partition coefficient (Wildman–Crippen LogP) is -0.216. The molecule has 0 aromatic heterocycles. The fourth-order valence-corrected chi connectivity index (χ4v) is 2.51. The van der Waals surface area contributed by atoms with Gasteiger partial charge in [0.1, 0.15) is 0 Å². The van der Waals surface area contributed by atoms with Crippen molar-refractivity contribution < 1.29 is 19.4 Å². The van der Waals surface area contributed by atoms with E-state index in [1.807, 2.05) is 0 Å². The average molecular weight is 256 g/mol. The molecule has 6 nitrogen and oxygen atoms in total. The van der Waals surface area contributed by atoms with Crippen LogP contribution in [0, 0.1) is 0 Å². The van der Waals surface area contributed by atoms with Crippen LogP contribution in [-0.4, -0.2) is 72.2 Å². The van der Waals surface area contributed by atoms with Crippen LogP contribution >= 0.6 is 0 Å². The number of hydrogen-bond donors (Lipinski definition) is 1. The number of rotatable bonds is 4. The Labute approximate surface area is 106 Å². The number of carbonyl (C=O) groups excluding carboxylic acids is 1. The van der Waals surface area contributed by atoms with E-state index in [4.69, 9.17) is 9.84 Å². The van der Waals surface area contributed by atoms with E-state index in [1.165, 1.54) is 17.7 Å². The maximum atomic E-state index is 12.1. The van der Waals surface area contributed by atoms with Gasteiger partial charge in [0.25, 0.3) is 0 Å². The van der Waals surface area contributed by atoms with Crippen LogP contribution in [-0.2, 0) is 14.3 Å². The van der Waals surface area contributed by atoms with Gasteiger partial charge < -0.3 is 19.6 Å². The molecule has 6 heteroatoms. The summed E-state index contributed by atoms with van der Waals surface area (Å²) in [6, 6.07) is -0.815. The summed E-state index contributed by atoms with van der Waals surface area (Å²) < 4.78 is 5.12. The Morgan fingerprint density at radius 2 is 1.94 bits per heavy atom. The second-order valence-corrected chi connectivity index (χ2v) is 4.81. The standard InChI is InChI=1S/C12H20N2O4/c15-11(3-6-13-4-1-2-5-13)14-7-8-18-9-10(14)12(16)17/h10H,1-9H2,(H,16,17). The van der Waals surface area contributed by atoms with Crippen LogP contribution in [0.3, 0.4) is 0 Å². The van der Waals surface area contributed by atoms with E-state index in [0.29, 0.717) is 19.6 Å². The minimum Gasteiger partial charge on any atom is -0.480 e. The highest BCUT2D eigenvalue weighted by Gasteiger charge is 2.32. The molecule has 2 heterocycles. The molecular weight excluding hydrogens is 236 g/mol. The Morgan fingerprint density at radius 1 is 1.22 bits per heavy atom. The molecule has 2 aliphatic heterocycles. The van der Waals surface area contributed by atoms with Gasteiger partial charge in [-0.2, -0.15) is 0 Å². The summed E-state index contributed by atoms with van der Waals surface area (Å²) in [6.07, 6.45) is 2.80. The van der Waals surface area contributed by atoms with Crippen LogP contribution in [0.4, 0.5) is 0 Å². The van der Waals surface area contributed by atoms with Crippen molar-refractivity contribution in [3.8, 4) is 0 Å². The third kappa shape index (κ3) is 3.20. The Balaban J connectivity index is 1.83. The molecule has 2 fully saturated rings. The van der Waals surface area contributed by atoms with E-state index < -0.39 is 12.0 Å². The van der Waals surface area contributed by atoms with Gasteiger partial charge in [0.05, 0.1) is 13.2 Å². The first-order valence-corrected chi connectivity index (χ1v) is 6.51. The minimum absolute atomic E-state index is 0.0717. The fourth-order valence-electron chi connectivity index (χ4n) is 2.51. The van der Waals surface area contributed by atoms with Crippen molar-refractivity contribution >= 4 is 11.9 Å². The van der Waals surface area contributed by atoms with Crippen LogP contribution in [0.25, 0.3) is 0 Å². The van der Waals surface area contributed by atoms with Gasteiger partial charge in [-0.1, -0.05) is 0 Å². The highest BCUT2D eigenvalue weighted by molar-refractivity contribution is 5.84. The highest BCUT2D eigenvalue weighted by atomic mass is 16.5. The van der Waals surface area contributed by atoms with E-state index in [1.54, 1.807) is 0 Å². The number of carboxylic acid groups (broad SMARTS) is 1. The minimum atomic E-state index is -0.982. The average Bonchev–Trinajstić information content (AvgIpc) is 2.89. The molecule has 0 bridgehead atoms. The van der Waals surface area contributed by atoms with Gasteiger partial charge >= 0.3 is 5.97 Å². The van der Waals surface area contributed by atoms with Gasteiger partial charge in [0.2, 0.25) is 5.91 Å². The monoisotopic (exact) mass is 256 g/mol. The van der Waals surface area contributed by atoms with E-state index >= 15 is 0 Å². The zero-order valence-corrected chi connectivity index (χ0v) is 10.5. The summed E-state index contributed by atoms with van der Waals surface area (Å²) >= 11 is 0. The van der Waals surface area contributed by atoms with Crippen molar-refractivity contribution in [3.05, 3.63) is 0 Å². The summed E-state index contributed by atoms with van der Waals surface area (Å²) in [5.74, 6) is -1.05. The maximum absolute atomic E-state index is 12.1. The molecule has 1 amide bonds. The molecule has 102 valence electrons. The number of amides is 1. The summed E-state index contributed by atoms with van der Waals surface area (Å²) in [5, 5.41) is 9.05. The fraction of sp³-hybridized carbons (Fsp3) is 0.833. The van der Waals surface area contributed by atoms with Crippen molar-refractivity contribution in [2.75, 3.05) is 39.4 Å². The quantitative estimate of drug-likeness (QED) is 0.753. The Morgan fingerprint density at radius 3 is 2.61 bits per heavy atom. The van der Waals surface area contributed by atoms with Gasteiger partial charge in [0.15, 0.2) is 6.04 Å². The second kappa shape index (κ2) is 6.15. The molecule has 0 aromatic carbocycles. The van der Waals surface area contributed by atoms with Crippen LogP contribution in [0.15, 0.2) is 0 Å². The molecule has 1 atom stereocenters. The number of carboxylic acids is 1. The first-order chi connectivity index (χ1) is 8.68. The summed E-state index contributed by atoms with van der Waals surface area (Å²) in [6.45, 7) is 3.76. The Kier molecular flexibility index (Phi) is 4.54. The van der Waals surface area contributed by atoms with Crippen molar-refractivity contribution in [3.63, 3.8) is 0 Å². The second-order valence-electron chi connectivity index (χ2n) is 4.81. The molecule has 0 radical (unpaired) electrons. The van der Waals surface area contributed by atoms with Crippen molar-refractivity contribution in [2.45, 2.75) is 25.3 Å². The highest BCUT2D eigenvalue weighted by Crippen LogP contribution is 2.12. The zero-order valence-electron chi connectivity index (χ0n) is 10.5. The lowest BCUT2D eigenvalue weighted by molar-refractivity contribution is -0.158. The number of morpholine rings is 1. The van der Waals surface area contributed by atoms with Crippen molar-refractivity contribution in [2.24, 2.45) is 0 Å². The van der Waals surface area contributed by atoms with Crippen LogP contribution in [0.5, 0.6) is 0 Å². The van der Waals surface area contributed by atoms with Crippen LogP contribution in [0.2, 0.25) is 0 Å². The van der Waals surface area contributed by atoms with Crippen LogP contribution < -0.4 is 0 Å². The molecule has 18 heavy (non-hydrogen) atoms. The topological polar surface area (TPSA) is 70.1 Å². The molecule has 2 saturated heterocycles. The Bertz CT molecular complexity index is 315. The summed E-state index contributed by atoms with van der Waals surface area (Å²) in [7, 11) is 0. The van der Waals surface area contributed by atoms with E-state index in [-0.39, 0.29) is 12.5 Å². The smallest absolute Gasteiger partial charge is 0.328 e. The predicted molar refractivity (Wildman–Crippen MR) is 64.2 cm³/mol. The van der Waals surface area contributed by atoms with Gasteiger partial charge in [0, 0.05) is 19.5 Å². The number of carbonyl (C=O) groups is 2. The lowest BCUT2D eigenvalue weighted by atomic mass is 10.2. The molecule has 1 unspecified atom stereocenters. The van der Waals surface area contributed by atoms with E-state index in [0.717, 1.165) is 19.6 Å². The molecule has 0 aliphatic carbocycles. The lowest BCUT2D eigenvalue weighted by Crippen LogP contribution is -2.53. The normalized spacial score (nSPS) is 25.3. The van der Waals surface area contributed by atoms with Crippen LogP contribution in [0.1, 0.15) is 19.3 Å². The summed E-state index contributed by atoms with van der Waals surface area (Å²) in [5.41, 5.74) is 0. The van der Waals surface area contributed by atoms with Crippen molar-refractivity contribution in [1.29, 1.82) is 0 Å². The number of aliphatic carboxylic acids is 1. The molecule has 2 rings (SSSR count).